The van der Waals surface area contributed by atoms with Crippen molar-refractivity contribution in [3.63, 3.8) is 0 Å². The second-order valence-electron chi connectivity index (χ2n) is 9.54. The lowest BCUT2D eigenvalue weighted by Gasteiger charge is -2.44. The van der Waals surface area contributed by atoms with Crippen molar-refractivity contribution in [3.05, 3.63) is 47.7 Å². The zero-order valence-electron chi connectivity index (χ0n) is 19.5. The Bertz CT molecular complexity index is 1150. The second-order valence-corrected chi connectivity index (χ2v) is 10.7. The predicted octanol–water partition coefficient (Wildman–Crippen LogP) is 4.03. The Kier molecular flexibility index (Phi) is 6.67. The number of aliphatic hydroxyl groups is 1. The van der Waals surface area contributed by atoms with Gasteiger partial charge in [-0.15, -0.1) is 16.9 Å². The van der Waals surface area contributed by atoms with E-state index in [1.54, 1.807) is 32.9 Å². The van der Waals surface area contributed by atoms with Gasteiger partial charge in [0.1, 0.15) is 16.8 Å². The second kappa shape index (κ2) is 9.40. The summed E-state index contributed by atoms with van der Waals surface area (Å²) in [6.45, 7) is 5.34. The van der Waals surface area contributed by atoms with Gasteiger partial charge in [-0.05, 0) is 57.9 Å². The van der Waals surface area contributed by atoms with Gasteiger partial charge >= 0.3 is 12.1 Å². The summed E-state index contributed by atoms with van der Waals surface area (Å²) in [7, 11) is 0. The summed E-state index contributed by atoms with van der Waals surface area (Å²) in [4.78, 5) is 34.0. The number of hydrogen-bond acceptors (Lipinski definition) is 8. The highest BCUT2D eigenvalue weighted by Crippen LogP contribution is 2.45. The first-order chi connectivity index (χ1) is 16.5. The van der Waals surface area contributed by atoms with E-state index in [1.165, 1.54) is 23.2 Å². The Morgan fingerprint density at radius 2 is 2.00 bits per heavy atom. The molecule has 2 aliphatic rings. The van der Waals surface area contributed by atoms with Crippen molar-refractivity contribution in [2.24, 2.45) is 4.99 Å². The number of carbonyl (C=O) groups is 2. The first kappa shape index (κ1) is 24.8. The maximum Gasteiger partial charge on any atom is 0.416 e. The van der Waals surface area contributed by atoms with Crippen molar-refractivity contribution in [3.8, 4) is 0 Å². The maximum atomic E-state index is 14.7. The van der Waals surface area contributed by atoms with Gasteiger partial charge in [0.2, 0.25) is 5.90 Å². The number of carbonyl (C=O) groups excluding carboxylic acids is 1. The first-order valence-electron chi connectivity index (χ1n) is 11.1. The Morgan fingerprint density at radius 3 is 2.51 bits per heavy atom. The van der Waals surface area contributed by atoms with Crippen LogP contribution in [0.15, 0.2) is 35.5 Å². The molecule has 1 aliphatic carbocycles. The maximum absolute atomic E-state index is 14.7. The summed E-state index contributed by atoms with van der Waals surface area (Å²) in [5, 5.41) is 25.4. The number of hydrogen-bond donors (Lipinski definition) is 2. The van der Waals surface area contributed by atoms with Crippen molar-refractivity contribution in [2.45, 2.75) is 61.7 Å². The number of anilines is 1. The van der Waals surface area contributed by atoms with Crippen molar-refractivity contribution < 1.29 is 28.9 Å². The van der Waals surface area contributed by atoms with Gasteiger partial charge in [0, 0.05) is 18.2 Å². The number of thioether (sulfide) groups is 1. The molecule has 2 aromatic heterocycles. The Hall–Kier alpha value is -3.28. The van der Waals surface area contributed by atoms with Crippen LogP contribution >= 0.6 is 11.8 Å². The van der Waals surface area contributed by atoms with Crippen LogP contribution in [0.5, 0.6) is 0 Å². The quantitative estimate of drug-likeness (QED) is 0.598. The van der Waals surface area contributed by atoms with Gasteiger partial charge in [-0.2, -0.15) is 5.10 Å². The minimum atomic E-state index is -1.20. The highest BCUT2D eigenvalue weighted by atomic mass is 32.2. The zero-order valence-corrected chi connectivity index (χ0v) is 20.3. The smallest absolute Gasteiger partial charge is 0.416 e. The minimum absolute atomic E-state index is 0.0993. The standard InChI is InChI=1S/C23H26FN5O5S/c1-22(2,3)34-21(33)29(12-23(9-5-10-23)17-13(24)6-4-11-25-17)15-8-7-14(27-28-15)19-26-18(30)16(35-19)20(31)32/h4,6-8,11,16,19H,5,9-10,12H2,1-3H3,(H,26,30)(H,31,32). The summed E-state index contributed by atoms with van der Waals surface area (Å²) in [5.74, 6) is -1.93. The topological polar surface area (TPSA) is 138 Å². The molecule has 0 radical (unpaired) electrons. The molecule has 1 saturated carbocycles. The first-order valence-corrected chi connectivity index (χ1v) is 12.0. The van der Waals surface area contributed by atoms with E-state index in [4.69, 9.17) is 4.74 Å². The molecule has 10 nitrogen and oxygen atoms in total. The molecule has 4 rings (SSSR count). The number of pyridine rings is 1. The van der Waals surface area contributed by atoms with Gasteiger partial charge in [-0.1, -0.05) is 6.42 Å². The van der Waals surface area contributed by atoms with E-state index >= 15 is 0 Å². The normalized spacial score (nSPS) is 21.1. The Morgan fingerprint density at radius 1 is 1.26 bits per heavy atom. The summed E-state index contributed by atoms with van der Waals surface area (Å²) in [6, 6.07) is 5.99. The molecule has 0 aromatic carbocycles. The Labute approximate surface area is 205 Å². The summed E-state index contributed by atoms with van der Waals surface area (Å²) in [6.07, 6.45) is 3.04. The molecule has 1 fully saturated rings. The van der Waals surface area contributed by atoms with Crippen LogP contribution in [0.1, 0.15) is 56.8 Å². The van der Waals surface area contributed by atoms with Crippen LogP contribution in [-0.2, 0) is 14.9 Å². The van der Waals surface area contributed by atoms with E-state index in [9.17, 15) is 24.2 Å². The van der Waals surface area contributed by atoms with Gasteiger partial charge in [0.15, 0.2) is 11.1 Å². The molecule has 3 heterocycles. The van der Waals surface area contributed by atoms with Crippen LogP contribution in [0.25, 0.3) is 0 Å². The molecule has 2 unspecified atom stereocenters. The largest absolute Gasteiger partial charge is 0.495 e. The van der Waals surface area contributed by atoms with Crippen LogP contribution in [0, 0.1) is 5.82 Å². The molecule has 2 atom stereocenters. The molecule has 186 valence electrons. The molecule has 1 aliphatic heterocycles. The molecular weight excluding hydrogens is 477 g/mol. The van der Waals surface area contributed by atoms with Crippen molar-refractivity contribution in [2.75, 3.05) is 11.4 Å². The summed E-state index contributed by atoms with van der Waals surface area (Å²) < 4.78 is 20.3. The lowest BCUT2D eigenvalue weighted by molar-refractivity contribution is -0.135. The molecular formula is C23H26FN5O5S. The Balaban J connectivity index is 1.63. The van der Waals surface area contributed by atoms with Gasteiger partial charge < -0.3 is 14.9 Å². The highest BCUT2D eigenvalue weighted by Gasteiger charge is 2.45. The molecule has 1 amide bonds. The summed E-state index contributed by atoms with van der Waals surface area (Å²) in [5.41, 5.74) is -0.831. The predicted molar refractivity (Wildman–Crippen MR) is 127 cm³/mol. The van der Waals surface area contributed by atoms with E-state index in [-0.39, 0.29) is 12.4 Å². The van der Waals surface area contributed by atoms with E-state index in [0.717, 1.165) is 18.2 Å². The number of carboxylic acid groups (broad SMARTS) is 1. The number of aliphatic imine (C=N–C) groups is 1. The van der Waals surface area contributed by atoms with E-state index < -0.39 is 45.4 Å². The van der Waals surface area contributed by atoms with Crippen LogP contribution in [0.2, 0.25) is 0 Å². The van der Waals surface area contributed by atoms with Crippen LogP contribution in [0.3, 0.4) is 0 Å². The van der Waals surface area contributed by atoms with E-state index in [2.05, 4.69) is 20.2 Å². The van der Waals surface area contributed by atoms with Gasteiger partial charge in [0.25, 0.3) is 0 Å². The molecule has 0 bridgehead atoms. The van der Waals surface area contributed by atoms with Crippen molar-refractivity contribution in [1.29, 1.82) is 0 Å². The van der Waals surface area contributed by atoms with E-state index in [1.807, 2.05) is 0 Å². The monoisotopic (exact) mass is 503 g/mol. The number of nitrogens with zero attached hydrogens (tertiary/aromatic N) is 5. The summed E-state index contributed by atoms with van der Waals surface area (Å²) >= 11 is 0.919. The third-order valence-electron chi connectivity index (χ3n) is 5.82. The number of carboxylic acids is 1. The SMILES string of the molecule is CC(C)(C)OC(=O)N(CC1(c2ncccc2F)CCC1)c1ccc(C2N=C(O)C(C(=O)O)S2)nn1. The number of aliphatic hydroxyl groups excluding tert-OH is 1. The highest BCUT2D eigenvalue weighted by molar-refractivity contribution is 8.01. The molecule has 2 N–H and O–H groups in total. The molecule has 0 saturated heterocycles. The average Bonchev–Trinajstić information content (AvgIpc) is 3.15. The number of aromatic nitrogens is 3. The third-order valence-corrected chi connectivity index (χ3v) is 7.11. The molecule has 2 aromatic rings. The zero-order chi connectivity index (χ0) is 25.4. The van der Waals surface area contributed by atoms with Crippen LogP contribution in [-0.4, -0.2) is 60.8 Å². The number of amides is 1. The molecule has 35 heavy (non-hydrogen) atoms. The van der Waals surface area contributed by atoms with Gasteiger partial charge in [0.05, 0.1) is 11.4 Å². The number of aliphatic carboxylic acids is 1. The average molecular weight is 504 g/mol. The van der Waals surface area contributed by atoms with E-state index in [0.29, 0.717) is 24.2 Å². The third kappa shape index (κ3) is 5.21. The van der Waals surface area contributed by atoms with Crippen LogP contribution < -0.4 is 4.90 Å². The van der Waals surface area contributed by atoms with Crippen LogP contribution in [0.4, 0.5) is 15.0 Å². The fraction of sp³-hybridized carbons (Fsp3) is 0.478. The lowest BCUT2D eigenvalue weighted by atomic mass is 9.66. The molecule has 0 spiro atoms. The number of rotatable bonds is 6. The van der Waals surface area contributed by atoms with Gasteiger partial charge in [-0.25, -0.2) is 14.2 Å². The number of ether oxygens (including phenoxy) is 1. The number of halogens is 1. The fourth-order valence-corrected chi connectivity index (χ4v) is 5.02. The minimum Gasteiger partial charge on any atom is -0.495 e. The fourth-order valence-electron chi connectivity index (χ4n) is 4.03. The van der Waals surface area contributed by atoms with Crippen molar-refractivity contribution >= 4 is 35.5 Å². The van der Waals surface area contributed by atoms with Crippen molar-refractivity contribution in [1.82, 2.24) is 15.2 Å². The lowest BCUT2D eigenvalue weighted by Crippen LogP contribution is -2.50. The van der Waals surface area contributed by atoms with Gasteiger partial charge in [-0.3, -0.25) is 14.7 Å². The molecule has 12 heteroatoms.